The number of carbonyl (C=O) groups is 1. The van der Waals surface area contributed by atoms with Crippen molar-refractivity contribution in [3.63, 3.8) is 0 Å². The van der Waals surface area contributed by atoms with E-state index in [0.29, 0.717) is 13.0 Å². The molecule has 1 aliphatic rings. The van der Waals surface area contributed by atoms with Crippen LogP contribution in [0.5, 0.6) is 0 Å². The molecule has 0 spiro atoms. The van der Waals surface area contributed by atoms with Gasteiger partial charge >= 0.3 is 0 Å². The van der Waals surface area contributed by atoms with Crippen molar-refractivity contribution in [2.45, 2.75) is 31.0 Å². The molecule has 146 valence electrons. The summed E-state index contributed by atoms with van der Waals surface area (Å²) in [5.41, 5.74) is 0.201. The van der Waals surface area contributed by atoms with Crippen LogP contribution < -0.4 is 0 Å². The summed E-state index contributed by atoms with van der Waals surface area (Å²) in [5, 5.41) is 7.83. The topological polar surface area (TPSA) is 93.4 Å². The Morgan fingerprint density at radius 3 is 2.81 bits per heavy atom. The zero-order chi connectivity index (χ0) is 19.4. The maximum atomic E-state index is 13.8. The average molecular weight is 413 g/mol. The second-order valence-electron chi connectivity index (χ2n) is 6.29. The molecule has 3 rings (SSSR count). The van der Waals surface area contributed by atoms with Crippen LogP contribution in [0.4, 0.5) is 4.39 Å². The molecule has 0 unspecified atom stereocenters. The molecule has 7 nitrogen and oxygen atoms in total. The highest BCUT2D eigenvalue weighted by Crippen LogP contribution is 2.26. The molecule has 2 heterocycles. The second-order valence-corrected chi connectivity index (χ2v) is 9.44. The van der Waals surface area contributed by atoms with Gasteiger partial charge in [0.05, 0.1) is 22.8 Å². The van der Waals surface area contributed by atoms with E-state index in [1.165, 1.54) is 12.1 Å². The van der Waals surface area contributed by atoms with Gasteiger partial charge in [-0.15, -0.1) is 10.2 Å². The minimum absolute atomic E-state index is 0.0153. The van der Waals surface area contributed by atoms with E-state index in [0.717, 1.165) is 18.2 Å². The fraction of sp³-hybridized carbons (Fsp3) is 0.471. The van der Waals surface area contributed by atoms with Crippen molar-refractivity contribution in [2.75, 3.05) is 23.8 Å². The lowest BCUT2D eigenvalue weighted by Gasteiger charge is -2.27. The third-order valence-electron chi connectivity index (χ3n) is 4.26. The highest BCUT2D eigenvalue weighted by Gasteiger charge is 2.34. The van der Waals surface area contributed by atoms with Gasteiger partial charge in [0.15, 0.2) is 9.84 Å². The van der Waals surface area contributed by atoms with Gasteiger partial charge in [0.1, 0.15) is 5.82 Å². The molecule has 0 N–H and O–H groups in total. The van der Waals surface area contributed by atoms with E-state index in [9.17, 15) is 17.6 Å². The lowest BCUT2D eigenvalue weighted by molar-refractivity contribution is -0.130. The number of nitrogens with zero attached hydrogens (tertiary/aromatic N) is 3. The highest BCUT2D eigenvalue weighted by atomic mass is 32.2. The number of hydrogen-bond acceptors (Lipinski definition) is 7. The molecule has 1 amide bonds. The van der Waals surface area contributed by atoms with Crippen LogP contribution in [0.1, 0.15) is 19.8 Å². The Morgan fingerprint density at radius 2 is 2.15 bits per heavy atom. The van der Waals surface area contributed by atoms with Gasteiger partial charge in [-0.25, -0.2) is 12.8 Å². The van der Waals surface area contributed by atoms with Gasteiger partial charge in [0.2, 0.25) is 5.91 Å². The number of amides is 1. The van der Waals surface area contributed by atoms with Crippen molar-refractivity contribution < 1.29 is 22.0 Å². The Bertz CT molecular complexity index is 916. The number of benzene rings is 1. The van der Waals surface area contributed by atoms with Crippen LogP contribution in [0.3, 0.4) is 0 Å². The summed E-state index contributed by atoms with van der Waals surface area (Å²) < 4.78 is 42.6. The fourth-order valence-electron chi connectivity index (χ4n) is 2.99. The van der Waals surface area contributed by atoms with Gasteiger partial charge in [-0.05, 0) is 25.0 Å². The SMILES string of the molecule is CCCN(C(=O)CSc1nnc(-c2ccccc2F)o1)[C@H]1CCS(=O)(=O)C1. The molecule has 1 fully saturated rings. The summed E-state index contributed by atoms with van der Waals surface area (Å²) in [6.45, 7) is 2.44. The molecule has 1 aromatic carbocycles. The van der Waals surface area contributed by atoms with Gasteiger partial charge < -0.3 is 9.32 Å². The molecule has 0 radical (unpaired) electrons. The number of halogens is 1. The van der Waals surface area contributed by atoms with Crippen molar-refractivity contribution in [3.05, 3.63) is 30.1 Å². The van der Waals surface area contributed by atoms with Gasteiger partial charge in [-0.1, -0.05) is 30.8 Å². The minimum Gasteiger partial charge on any atom is -0.411 e. The quantitative estimate of drug-likeness (QED) is 0.644. The third-order valence-corrected chi connectivity index (χ3v) is 6.82. The number of hydrogen-bond donors (Lipinski definition) is 0. The molecular weight excluding hydrogens is 393 g/mol. The Labute approximate surface area is 161 Å². The number of carbonyl (C=O) groups excluding carboxylic acids is 1. The fourth-order valence-corrected chi connectivity index (χ4v) is 5.37. The maximum Gasteiger partial charge on any atom is 0.277 e. The molecule has 1 atom stereocenters. The van der Waals surface area contributed by atoms with Crippen LogP contribution >= 0.6 is 11.8 Å². The Balaban J connectivity index is 1.63. The highest BCUT2D eigenvalue weighted by molar-refractivity contribution is 7.99. The summed E-state index contributed by atoms with van der Waals surface area (Å²) in [7, 11) is -3.07. The Hall–Kier alpha value is -1.94. The molecule has 1 aliphatic heterocycles. The van der Waals surface area contributed by atoms with Crippen molar-refractivity contribution in [1.82, 2.24) is 15.1 Å². The molecule has 0 bridgehead atoms. The van der Waals surface area contributed by atoms with Crippen molar-refractivity contribution in [1.29, 1.82) is 0 Å². The molecular formula is C17H20FN3O4S2. The molecule has 0 aliphatic carbocycles. The number of thioether (sulfide) groups is 1. The first-order valence-corrected chi connectivity index (χ1v) is 11.4. The lowest BCUT2D eigenvalue weighted by atomic mass is 10.2. The summed E-state index contributed by atoms with van der Waals surface area (Å²) in [6, 6.07) is 5.78. The third kappa shape index (κ3) is 4.86. The molecule has 0 saturated carbocycles. The Kier molecular flexibility index (Phi) is 6.15. The lowest BCUT2D eigenvalue weighted by Crippen LogP contribution is -2.42. The van der Waals surface area contributed by atoms with Gasteiger partial charge in [-0.3, -0.25) is 4.79 Å². The summed E-state index contributed by atoms with van der Waals surface area (Å²) >= 11 is 1.06. The van der Waals surface area contributed by atoms with E-state index in [4.69, 9.17) is 4.42 Å². The first-order chi connectivity index (χ1) is 12.9. The van der Waals surface area contributed by atoms with Crippen LogP contribution in [0.25, 0.3) is 11.5 Å². The van der Waals surface area contributed by atoms with Crippen LogP contribution in [-0.2, 0) is 14.6 Å². The Morgan fingerprint density at radius 1 is 1.37 bits per heavy atom. The monoisotopic (exact) mass is 413 g/mol. The van der Waals surface area contributed by atoms with E-state index >= 15 is 0 Å². The van der Waals surface area contributed by atoms with Crippen molar-refractivity contribution in [2.24, 2.45) is 0 Å². The predicted molar refractivity (Wildman–Crippen MR) is 99.5 cm³/mol. The van der Waals surface area contributed by atoms with Crippen LogP contribution in [0.2, 0.25) is 0 Å². The van der Waals surface area contributed by atoms with E-state index in [-0.39, 0.29) is 45.9 Å². The van der Waals surface area contributed by atoms with E-state index in [2.05, 4.69) is 10.2 Å². The minimum atomic E-state index is -3.07. The van der Waals surface area contributed by atoms with Crippen LogP contribution in [0.15, 0.2) is 33.9 Å². The predicted octanol–water partition coefficient (Wildman–Crippen LogP) is 2.39. The van der Waals surface area contributed by atoms with Crippen LogP contribution in [-0.4, -0.2) is 59.3 Å². The summed E-state index contributed by atoms with van der Waals surface area (Å²) in [5.74, 6) is -0.402. The maximum absolute atomic E-state index is 13.8. The molecule has 10 heteroatoms. The van der Waals surface area contributed by atoms with Gasteiger partial charge in [0.25, 0.3) is 11.1 Å². The number of rotatable bonds is 7. The molecule has 27 heavy (non-hydrogen) atoms. The zero-order valence-corrected chi connectivity index (χ0v) is 16.4. The zero-order valence-electron chi connectivity index (χ0n) is 14.8. The molecule has 2 aromatic rings. The molecule has 1 saturated heterocycles. The first-order valence-electron chi connectivity index (χ1n) is 8.60. The van der Waals surface area contributed by atoms with Crippen molar-refractivity contribution >= 4 is 27.5 Å². The number of aromatic nitrogens is 2. The normalized spacial score (nSPS) is 18.5. The van der Waals surface area contributed by atoms with E-state index in [1.54, 1.807) is 17.0 Å². The standard InChI is InChI=1S/C17H20FN3O4S2/c1-2-8-21(12-7-9-27(23,24)11-12)15(22)10-26-17-20-19-16(25-17)13-5-3-4-6-14(13)18/h3-6,12H,2,7-11H2,1H3/t12-/m0/s1. The van der Waals surface area contributed by atoms with Crippen LogP contribution in [0, 0.1) is 5.82 Å². The largest absolute Gasteiger partial charge is 0.411 e. The second kappa shape index (κ2) is 8.39. The smallest absolute Gasteiger partial charge is 0.277 e. The summed E-state index contributed by atoms with van der Waals surface area (Å²) in [4.78, 5) is 14.2. The van der Waals surface area contributed by atoms with E-state index < -0.39 is 15.7 Å². The van der Waals surface area contributed by atoms with Crippen molar-refractivity contribution in [3.8, 4) is 11.5 Å². The van der Waals surface area contributed by atoms with E-state index in [1.807, 2.05) is 6.92 Å². The molecule has 1 aromatic heterocycles. The van der Waals surface area contributed by atoms with Gasteiger partial charge in [-0.2, -0.15) is 0 Å². The summed E-state index contributed by atoms with van der Waals surface area (Å²) in [6.07, 6.45) is 1.21. The first kappa shape index (κ1) is 19.8. The number of sulfone groups is 1. The average Bonchev–Trinajstić information content (AvgIpc) is 3.24. The van der Waals surface area contributed by atoms with Gasteiger partial charge in [0, 0.05) is 12.6 Å².